The van der Waals surface area contributed by atoms with Gasteiger partial charge in [0.25, 0.3) is 0 Å². The van der Waals surface area contributed by atoms with Crippen LogP contribution in [0.5, 0.6) is 0 Å². The van der Waals surface area contributed by atoms with Crippen LogP contribution in [0.2, 0.25) is 0 Å². The third kappa shape index (κ3) is 22.4. The van der Waals surface area contributed by atoms with E-state index in [-0.39, 0.29) is 0 Å². The maximum atomic E-state index is 9.11. The predicted octanol–water partition coefficient (Wildman–Crippen LogP) is -1.39. The molecule has 0 bridgehead atoms. The second-order valence-corrected chi connectivity index (χ2v) is 2.45. The molecule has 0 fully saturated rings. The van der Waals surface area contributed by atoms with E-state index in [4.69, 9.17) is 12.1 Å². The Kier molecular flexibility index (Phi) is 28.4. The van der Waals surface area contributed by atoms with E-state index >= 15 is 0 Å². The summed E-state index contributed by atoms with van der Waals surface area (Å²) in [5.74, 6) is 0. The topological polar surface area (TPSA) is 51.2 Å². The van der Waals surface area contributed by atoms with Crippen LogP contribution in [-0.4, -0.2) is 22.5 Å². The molecule has 0 aliphatic heterocycles. The van der Waals surface area contributed by atoms with Crippen LogP contribution < -0.4 is 0 Å². The predicted molar refractivity (Wildman–Crippen MR) is 15.0 cm³/mol. The quantitative estimate of drug-likeness (QED) is 0.439. The molecule has 0 aromatic carbocycles. The summed E-state index contributed by atoms with van der Waals surface area (Å²) in [4.78, 5) is 0. The van der Waals surface area contributed by atoms with E-state index in [9.17, 15) is 0 Å². The molecule has 3 nitrogen and oxygen atoms in total. The number of hydrogen-bond acceptors (Lipinski definition) is 3. The van der Waals surface area contributed by atoms with Crippen LogP contribution in [0.4, 0.5) is 0 Å². The molecule has 0 spiro atoms. The summed E-state index contributed by atoms with van der Waals surface area (Å²) in [5, 5.41) is 0. The van der Waals surface area contributed by atoms with E-state index in [1.54, 1.807) is 0 Å². The van der Waals surface area contributed by atoms with Gasteiger partial charge in [0.05, 0.1) is 0 Å². The monoisotopic (exact) mass is 156 g/mol. The summed E-state index contributed by atoms with van der Waals surface area (Å²) < 4.78 is 26.3. The Hall–Kier alpha value is 0.682. The molecule has 0 radical (unpaired) electrons. The average Bonchev–Trinajstić information content (AvgIpc) is 1.72. The van der Waals surface area contributed by atoms with Gasteiger partial charge in [-0.05, 0) is 0 Å². The van der Waals surface area contributed by atoms with Gasteiger partial charge >= 0.3 is 50.8 Å². The molecule has 6 heteroatoms. The molecule has 0 saturated carbocycles. The van der Waals surface area contributed by atoms with Gasteiger partial charge < -0.3 is 0 Å². The second-order valence-electron chi connectivity index (χ2n) is 0.272. The van der Waals surface area contributed by atoms with Crippen molar-refractivity contribution in [2.24, 2.45) is 0 Å². The fourth-order valence-corrected chi connectivity index (χ4v) is 0. The fraction of sp³-hybridized carbons (Fsp3) is 0. The van der Waals surface area contributed by atoms with Gasteiger partial charge in [-0.15, -0.1) is 0 Å². The van der Waals surface area contributed by atoms with Crippen LogP contribution in [-0.2, 0) is 28.3 Å². The van der Waals surface area contributed by atoms with Gasteiger partial charge in [0, 0.05) is 0 Å². The fourth-order valence-electron chi connectivity index (χ4n) is 0. The molecule has 0 aliphatic carbocycles. The third-order valence-corrected chi connectivity index (χ3v) is 0.500. The Morgan fingerprint density at radius 1 is 1.50 bits per heavy atom. The molecular formula is HAlCrO3Si. The van der Waals surface area contributed by atoms with Gasteiger partial charge in [-0.25, -0.2) is 0 Å². The van der Waals surface area contributed by atoms with Crippen molar-refractivity contribution >= 4 is 22.5 Å². The Morgan fingerprint density at radius 3 is 1.67 bits per heavy atom. The minimum absolute atomic E-state index is 0.940. The van der Waals surface area contributed by atoms with Crippen molar-refractivity contribution in [1.82, 2.24) is 0 Å². The Labute approximate surface area is 51.0 Å². The first-order valence-electron chi connectivity index (χ1n) is 0.971. The molecule has 0 aromatic rings. The van der Waals surface area contributed by atoms with Gasteiger partial charge in [-0.2, -0.15) is 0 Å². The molecular weight excluding hydrogens is 155 g/mol. The van der Waals surface area contributed by atoms with Crippen LogP contribution in [0, 0.1) is 0 Å². The van der Waals surface area contributed by atoms with Crippen molar-refractivity contribution in [3.05, 3.63) is 0 Å². The number of hydrogen-bond donors (Lipinski definition) is 0. The van der Waals surface area contributed by atoms with E-state index in [0.29, 0.717) is 0 Å². The first-order valence-corrected chi connectivity index (χ1v) is 5.10. The van der Waals surface area contributed by atoms with E-state index in [1.807, 2.05) is 0 Å². The van der Waals surface area contributed by atoms with Gasteiger partial charge in [-0.1, -0.05) is 0 Å². The third-order valence-electron chi connectivity index (χ3n) is 0.0556. The van der Waals surface area contributed by atoms with Crippen molar-refractivity contribution in [1.29, 1.82) is 0 Å². The van der Waals surface area contributed by atoms with Crippen LogP contribution >= 0.6 is 0 Å². The molecule has 0 amide bonds. The zero-order chi connectivity index (χ0) is 5.41. The van der Waals surface area contributed by atoms with E-state index in [0.717, 1.165) is 0 Å². The summed E-state index contributed by atoms with van der Waals surface area (Å²) in [7, 11) is -0.940. The Bertz CT molecular complexity index is 40.1. The van der Waals surface area contributed by atoms with E-state index in [2.05, 4.69) is 0 Å². The standard InChI is InChI=1S/Al.Cr.HOSi.2O/c;;1-2;;/h;;2H;;. The first kappa shape index (κ1) is 9.84. The summed E-state index contributed by atoms with van der Waals surface area (Å²) in [6.45, 7) is 0. The summed E-state index contributed by atoms with van der Waals surface area (Å²) >= 11 is 0.435. The molecule has 0 heterocycles. The molecule has 0 aliphatic rings. The maximum absolute atomic E-state index is 9.11. The Morgan fingerprint density at radius 2 is 1.67 bits per heavy atom. The molecule has 32 valence electrons. The van der Waals surface area contributed by atoms with Crippen molar-refractivity contribution in [2.45, 2.75) is 0 Å². The van der Waals surface area contributed by atoms with Crippen molar-refractivity contribution in [3.63, 3.8) is 0 Å². The average molecular weight is 156 g/mol. The minimum atomic E-state index is -0.940. The van der Waals surface area contributed by atoms with Crippen LogP contribution in [0.1, 0.15) is 0 Å². The van der Waals surface area contributed by atoms with Crippen LogP contribution in [0.25, 0.3) is 0 Å². The van der Waals surface area contributed by atoms with Gasteiger partial charge in [0.2, 0.25) is 0 Å². The normalized spacial score (nSPS) is 3.33. The SMILES string of the molecule is [O]=[Al][SiH]=O.[O]=[Cr]. The van der Waals surface area contributed by atoms with Gasteiger partial charge in [0.1, 0.15) is 0 Å². The van der Waals surface area contributed by atoms with Gasteiger partial charge in [-0.3, -0.25) is 0 Å². The van der Waals surface area contributed by atoms with Crippen LogP contribution in [0.3, 0.4) is 0 Å². The molecule has 6 heavy (non-hydrogen) atoms. The second kappa shape index (κ2) is 17.3. The van der Waals surface area contributed by atoms with E-state index in [1.165, 1.54) is 16.2 Å². The van der Waals surface area contributed by atoms with Crippen molar-refractivity contribution < 1.29 is 28.3 Å². The molecule has 0 unspecified atom stereocenters. The Balaban J connectivity index is 0. The summed E-state index contributed by atoms with van der Waals surface area (Å²) in [6, 6.07) is 0. The summed E-state index contributed by atoms with van der Waals surface area (Å²) in [5.41, 5.74) is 0. The molecule has 0 rings (SSSR count). The zero-order valence-corrected chi connectivity index (χ0v) is 6.37. The zero-order valence-electron chi connectivity index (χ0n) is 2.79. The van der Waals surface area contributed by atoms with Crippen LogP contribution in [0.15, 0.2) is 0 Å². The molecule has 0 atom stereocenters. The molecule has 0 aromatic heterocycles. The van der Waals surface area contributed by atoms with Crippen molar-refractivity contribution in [2.75, 3.05) is 0 Å². The molecule has 0 N–H and O–H groups in total. The molecule has 0 saturated heterocycles. The van der Waals surface area contributed by atoms with Crippen molar-refractivity contribution in [3.8, 4) is 0 Å². The first-order chi connectivity index (χ1) is 2.91. The van der Waals surface area contributed by atoms with Gasteiger partial charge in [0.15, 0.2) is 0 Å². The number of rotatable bonds is 1. The van der Waals surface area contributed by atoms with E-state index < -0.39 is 22.5 Å². The summed E-state index contributed by atoms with van der Waals surface area (Å²) in [6.07, 6.45) is 0.